The second-order valence-corrected chi connectivity index (χ2v) is 12.7. The molecule has 8 nitrogen and oxygen atoms in total. The zero-order chi connectivity index (χ0) is 27.0. The Hall–Kier alpha value is -3.15. The first-order chi connectivity index (χ1) is 19.5. The fourth-order valence-corrected chi connectivity index (χ4v) is 8.28. The predicted molar refractivity (Wildman–Crippen MR) is 153 cm³/mol. The molecule has 2 bridgehead atoms. The topological polar surface area (TPSA) is 92.4 Å². The third kappa shape index (κ3) is 3.85. The quantitative estimate of drug-likeness (QED) is 0.366. The number of rotatable bonds is 5. The lowest BCUT2D eigenvalue weighted by Gasteiger charge is -2.37. The number of thiazole rings is 1. The van der Waals surface area contributed by atoms with E-state index in [1.165, 1.54) is 6.07 Å². The van der Waals surface area contributed by atoms with E-state index < -0.39 is 6.17 Å². The van der Waals surface area contributed by atoms with Crippen molar-refractivity contribution >= 4 is 43.4 Å². The molecule has 4 saturated heterocycles. The Morgan fingerprint density at radius 2 is 1.98 bits per heavy atom. The van der Waals surface area contributed by atoms with Crippen LogP contribution in [0.5, 0.6) is 6.01 Å². The molecule has 40 heavy (non-hydrogen) atoms. The highest BCUT2D eigenvalue weighted by molar-refractivity contribution is 7.22. The molecule has 208 valence electrons. The zero-order valence-electron chi connectivity index (χ0n) is 22.1. The Morgan fingerprint density at radius 1 is 1.12 bits per heavy atom. The summed E-state index contributed by atoms with van der Waals surface area (Å²) >= 11 is 1.15. The van der Waals surface area contributed by atoms with Gasteiger partial charge in [-0.05, 0) is 62.1 Å². The molecule has 0 spiro atoms. The van der Waals surface area contributed by atoms with Gasteiger partial charge in [0.1, 0.15) is 24.4 Å². The number of alkyl halides is 1. The van der Waals surface area contributed by atoms with Crippen molar-refractivity contribution in [2.45, 2.75) is 55.9 Å². The van der Waals surface area contributed by atoms with E-state index in [-0.39, 0.29) is 11.4 Å². The van der Waals surface area contributed by atoms with Gasteiger partial charge in [-0.1, -0.05) is 17.4 Å². The Morgan fingerprint density at radius 3 is 2.83 bits per heavy atom. The minimum atomic E-state index is -0.816. The van der Waals surface area contributed by atoms with Crippen LogP contribution in [0.15, 0.2) is 30.3 Å². The van der Waals surface area contributed by atoms with Crippen molar-refractivity contribution in [3.8, 4) is 17.1 Å². The summed E-state index contributed by atoms with van der Waals surface area (Å²) in [6, 6.07) is 10.3. The van der Waals surface area contributed by atoms with Crippen LogP contribution < -0.4 is 20.7 Å². The minimum absolute atomic E-state index is 0.280. The highest BCUT2D eigenvalue weighted by Crippen LogP contribution is 2.42. The number of nitrogen functional groups attached to an aromatic ring is 1. The van der Waals surface area contributed by atoms with Crippen molar-refractivity contribution < 1.29 is 13.5 Å². The Labute approximate surface area is 234 Å². The van der Waals surface area contributed by atoms with Crippen LogP contribution in [0.4, 0.5) is 19.7 Å². The number of hydrogen-bond donors (Lipinski definition) is 2. The second kappa shape index (κ2) is 9.19. The van der Waals surface area contributed by atoms with Crippen LogP contribution in [0.3, 0.4) is 0 Å². The normalized spacial score (nSPS) is 28.1. The smallest absolute Gasteiger partial charge is 0.319 e. The third-order valence-corrected chi connectivity index (χ3v) is 10.2. The Kier molecular flexibility index (Phi) is 5.66. The van der Waals surface area contributed by atoms with Crippen molar-refractivity contribution in [2.24, 2.45) is 0 Å². The largest absolute Gasteiger partial charge is 0.461 e. The molecule has 2 aromatic carbocycles. The van der Waals surface area contributed by atoms with Gasteiger partial charge in [0, 0.05) is 49.1 Å². The molecule has 4 fully saturated rings. The van der Waals surface area contributed by atoms with E-state index >= 15 is 0 Å². The van der Waals surface area contributed by atoms with E-state index in [0.29, 0.717) is 53.0 Å². The van der Waals surface area contributed by atoms with Crippen LogP contribution in [0.2, 0.25) is 0 Å². The number of fused-ring (bicyclic) bond motifs is 5. The third-order valence-electron chi connectivity index (χ3n) is 9.33. The summed E-state index contributed by atoms with van der Waals surface area (Å²) in [4.78, 5) is 19.0. The van der Waals surface area contributed by atoms with E-state index in [4.69, 9.17) is 20.4 Å². The summed E-state index contributed by atoms with van der Waals surface area (Å²) in [7, 11) is 0. The van der Waals surface area contributed by atoms with Crippen LogP contribution in [0.1, 0.15) is 32.1 Å². The van der Waals surface area contributed by atoms with Gasteiger partial charge < -0.3 is 20.7 Å². The average Bonchev–Trinajstić information content (AvgIpc) is 3.66. The SMILES string of the molecule is Nc1nc2c(-c3ccc4c(N5[C@@H]6CC[C@H]5CNC6)nc(OC[C@@]56CCCN5C[C@H](F)C6)nc4c3)ccc(F)c2s1. The molecule has 11 heteroatoms. The summed E-state index contributed by atoms with van der Waals surface area (Å²) in [6.07, 6.45) is 3.90. The maximum atomic E-state index is 14.5. The van der Waals surface area contributed by atoms with Crippen molar-refractivity contribution in [3.05, 3.63) is 36.1 Å². The Bertz CT molecular complexity index is 1620. The van der Waals surface area contributed by atoms with Gasteiger partial charge in [0.05, 0.1) is 21.3 Å². The van der Waals surface area contributed by atoms with Gasteiger partial charge >= 0.3 is 6.01 Å². The summed E-state index contributed by atoms with van der Waals surface area (Å²) in [5.74, 6) is 0.559. The molecule has 3 N–H and O–H groups in total. The highest BCUT2D eigenvalue weighted by Gasteiger charge is 2.49. The van der Waals surface area contributed by atoms with Gasteiger partial charge in [0.25, 0.3) is 0 Å². The lowest BCUT2D eigenvalue weighted by atomic mass is 9.95. The number of piperazine rings is 1. The molecule has 6 heterocycles. The maximum Gasteiger partial charge on any atom is 0.319 e. The molecule has 0 unspecified atom stereocenters. The molecule has 0 saturated carbocycles. The van der Waals surface area contributed by atoms with Crippen LogP contribution in [0, 0.1) is 5.82 Å². The number of benzene rings is 2. The summed E-state index contributed by atoms with van der Waals surface area (Å²) in [6.45, 7) is 3.61. The van der Waals surface area contributed by atoms with Crippen molar-refractivity contribution in [1.82, 2.24) is 25.2 Å². The lowest BCUT2D eigenvalue weighted by Crippen LogP contribution is -2.52. The number of nitrogens with zero attached hydrogens (tertiary/aromatic N) is 5. The molecule has 8 rings (SSSR count). The number of aromatic nitrogens is 3. The number of nitrogens with two attached hydrogens (primary N) is 1. The van der Waals surface area contributed by atoms with E-state index in [0.717, 1.165) is 84.5 Å². The molecule has 4 atom stereocenters. The number of halogens is 2. The van der Waals surface area contributed by atoms with E-state index in [9.17, 15) is 8.78 Å². The molecule has 2 aromatic heterocycles. The number of anilines is 2. The van der Waals surface area contributed by atoms with E-state index in [1.807, 2.05) is 12.1 Å². The van der Waals surface area contributed by atoms with Crippen LogP contribution in [0.25, 0.3) is 32.2 Å². The first-order valence-corrected chi connectivity index (χ1v) is 15.0. The molecule has 4 aromatic rings. The first kappa shape index (κ1) is 24.6. The molecular formula is C29H31F2N7OS. The second-order valence-electron chi connectivity index (χ2n) is 11.7. The molecule has 0 amide bonds. The maximum absolute atomic E-state index is 14.5. The lowest BCUT2D eigenvalue weighted by molar-refractivity contribution is 0.107. The first-order valence-electron chi connectivity index (χ1n) is 14.2. The molecule has 4 aliphatic rings. The molecule has 4 aliphatic heterocycles. The van der Waals surface area contributed by atoms with Crippen molar-refractivity contribution in [2.75, 3.05) is 43.4 Å². The van der Waals surface area contributed by atoms with Crippen LogP contribution in [-0.2, 0) is 0 Å². The minimum Gasteiger partial charge on any atom is -0.461 e. The summed E-state index contributed by atoms with van der Waals surface area (Å²) in [5, 5.41) is 4.84. The van der Waals surface area contributed by atoms with Gasteiger partial charge in [-0.3, -0.25) is 4.90 Å². The Balaban J connectivity index is 1.23. The fraction of sp³-hybridized carbons (Fsp3) is 0.483. The monoisotopic (exact) mass is 563 g/mol. The standard InChI is InChI=1S/C29H31F2N7OS/c30-17-11-29(8-1-9-37(29)14-17)15-39-28-34-23-10-16(20-6-7-22(31)25-24(20)35-27(32)40-25)2-5-21(23)26(36-28)38-18-3-4-19(38)13-33-12-18/h2,5-7,10,17-19,33H,1,3-4,8-9,11-15H2,(H2,32,35)/t17-,18-,19+,29+/m1/s1. The van der Waals surface area contributed by atoms with Gasteiger partial charge in [-0.15, -0.1) is 0 Å². The molecule has 0 aliphatic carbocycles. The van der Waals surface area contributed by atoms with Crippen molar-refractivity contribution in [3.63, 3.8) is 0 Å². The number of ether oxygens (including phenoxy) is 1. The molecular weight excluding hydrogens is 532 g/mol. The van der Waals surface area contributed by atoms with Crippen molar-refractivity contribution in [1.29, 1.82) is 0 Å². The van der Waals surface area contributed by atoms with Gasteiger partial charge in [0.15, 0.2) is 5.13 Å². The van der Waals surface area contributed by atoms with Gasteiger partial charge in [-0.2, -0.15) is 9.97 Å². The van der Waals surface area contributed by atoms with Gasteiger partial charge in [0.2, 0.25) is 0 Å². The molecule has 0 radical (unpaired) electrons. The highest BCUT2D eigenvalue weighted by atomic mass is 32.1. The fourth-order valence-electron chi connectivity index (χ4n) is 7.52. The number of nitrogens with one attached hydrogen (secondary N) is 1. The number of hydrogen-bond acceptors (Lipinski definition) is 9. The van der Waals surface area contributed by atoms with Crippen LogP contribution >= 0.6 is 11.3 Å². The van der Waals surface area contributed by atoms with E-state index in [1.54, 1.807) is 6.07 Å². The predicted octanol–water partition coefficient (Wildman–Crippen LogP) is 4.52. The van der Waals surface area contributed by atoms with Crippen LogP contribution in [-0.4, -0.2) is 76.4 Å². The van der Waals surface area contributed by atoms with Gasteiger partial charge in [-0.25, -0.2) is 13.8 Å². The van der Waals surface area contributed by atoms with E-state index in [2.05, 4.69) is 26.2 Å². The zero-order valence-corrected chi connectivity index (χ0v) is 22.9. The summed E-state index contributed by atoms with van der Waals surface area (Å²) in [5.41, 5.74) is 8.65. The summed E-state index contributed by atoms with van der Waals surface area (Å²) < 4.78 is 35.7. The average molecular weight is 564 g/mol.